The van der Waals surface area contributed by atoms with E-state index in [4.69, 9.17) is 25.8 Å². The molecule has 1 aromatic heterocycles. The Labute approximate surface area is 180 Å². The summed E-state index contributed by atoms with van der Waals surface area (Å²) in [7, 11) is 4.94. The van der Waals surface area contributed by atoms with Crippen molar-refractivity contribution in [3.05, 3.63) is 53.1 Å². The Bertz CT molecular complexity index is 949. The molecular formula is C21H24ClN3O3S. The minimum atomic E-state index is 0.654. The highest BCUT2D eigenvalue weighted by molar-refractivity contribution is 7.98. The van der Waals surface area contributed by atoms with Gasteiger partial charge in [0.2, 0.25) is 0 Å². The van der Waals surface area contributed by atoms with Gasteiger partial charge in [0.1, 0.15) is 0 Å². The van der Waals surface area contributed by atoms with Gasteiger partial charge in [-0.05, 0) is 36.2 Å². The van der Waals surface area contributed by atoms with Crippen LogP contribution < -0.4 is 9.47 Å². The highest BCUT2D eigenvalue weighted by Gasteiger charge is 2.17. The molecule has 0 N–H and O–H groups in total. The van der Waals surface area contributed by atoms with Crippen LogP contribution in [0.1, 0.15) is 12.0 Å². The summed E-state index contributed by atoms with van der Waals surface area (Å²) in [5.74, 6) is 2.83. The molecule has 0 radical (unpaired) electrons. The first-order valence-corrected chi connectivity index (χ1v) is 10.5. The van der Waals surface area contributed by atoms with E-state index in [9.17, 15) is 0 Å². The van der Waals surface area contributed by atoms with Crippen LogP contribution >= 0.6 is 23.4 Å². The minimum Gasteiger partial charge on any atom is -0.493 e. The molecular weight excluding hydrogens is 410 g/mol. The summed E-state index contributed by atoms with van der Waals surface area (Å²) >= 11 is 7.91. The Morgan fingerprint density at radius 2 is 1.79 bits per heavy atom. The molecule has 0 amide bonds. The molecule has 0 spiro atoms. The predicted octanol–water partition coefficient (Wildman–Crippen LogP) is 4.94. The number of hydrogen-bond acceptors (Lipinski definition) is 6. The number of nitrogens with zero attached hydrogens (tertiary/aromatic N) is 3. The van der Waals surface area contributed by atoms with E-state index in [1.165, 1.54) is 0 Å². The Kier molecular flexibility index (Phi) is 7.80. The highest BCUT2D eigenvalue weighted by Crippen LogP contribution is 2.34. The molecule has 0 bridgehead atoms. The van der Waals surface area contributed by atoms with Gasteiger partial charge in [0.25, 0.3) is 0 Å². The summed E-state index contributed by atoms with van der Waals surface area (Å²) in [5, 5.41) is 10.5. The molecule has 0 unspecified atom stereocenters. The second-order valence-electron chi connectivity index (χ2n) is 6.25. The number of ether oxygens (including phenoxy) is 3. The molecule has 6 nitrogen and oxygen atoms in total. The third-order valence-corrected chi connectivity index (χ3v) is 5.79. The molecule has 0 aliphatic heterocycles. The number of thioether (sulfide) groups is 1. The zero-order chi connectivity index (χ0) is 20.6. The first kappa shape index (κ1) is 21.5. The second kappa shape index (κ2) is 10.5. The smallest absolute Gasteiger partial charge is 0.191 e. The topological polar surface area (TPSA) is 58.4 Å². The standard InChI is InChI=1S/C21H24ClN3O3S/c1-26-12-6-11-25-20(15-9-10-18(27-2)19(13-15)28-3)23-24-21(25)29-14-16-7-4-5-8-17(16)22/h4-5,7-10,13H,6,11-12,14H2,1-3H3. The molecule has 0 aliphatic carbocycles. The number of hydrogen-bond donors (Lipinski definition) is 0. The summed E-state index contributed by atoms with van der Waals surface area (Å²) in [6.45, 7) is 1.41. The predicted molar refractivity (Wildman–Crippen MR) is 116 cm³/mol. The van der Waals surface area contributed by atoms with E-state index in [-0.39, 0.29) is 0 Å². The van der Waals surface area contributed by atoms with E-state index in [2.05, 4.69) is 14.8 Å². The SMILES string of the molecule is COCCCn1c(SCc2ccccc2Cl)nnc1-c1ccc(OC)c(OC)c1. The van der Waals surface area contributed by atoms with Crippen molar-refractivity contribution in [2.75, 3.05) is 27.9 Å². The summed E-state index contributed by atoms with van der Waals surface area (Å²) in [6, 6.07) is 13.6. The third-order valence-electron chi connectivity index (χ3n) is 4.40. The lowest BCUT2D eigenvalue weighted by atomic mass is 10.2. The van der Waals surface area contributed by atoms with Crippen LogP contribution in [0.2, 0.25) is 5.02 Å². The van der Waals surface area contributed by atoms with Crippen molar-refractivity contribution >= 4 is 23.4 Å². The third kappa shape index (κ3) is 5.23. The Hall–Kier alpha value is -2.22. The first-order chi connectivity index (χ1) is 14.2. The van der Waals surface area contributed by atoms with Crippen molar-refractivity contribution in [3.8, 4) is 22.9 Å². The minimum absolute atomic E-state index is 0.654. The summed E-state index contributed by atoms with van der Waals surface area (Å²) in [5.41, 5.74) is 1.98. The molecule has 1 heterocycles. The van der Waals surface area contributed by atoms with Crippen LogP contribution in [0.3, 0.4) is 0 Å². The quantitative estimate of drug-likeness (QED) is 0.333. The molecule has 8 heteroatoms. The van der Waals surface area contributed by atoms with Gasteiger partial charge in [-0.1, -0.05) is 41.6 Å². The van der Waals surface area contributed by atoms with Crippen LogP contribution in [-0.4, -0.2) is 42.7 Å². The van der Waals surface area contributed by atoms with Gasteiger partial charge in [0.15, 0.2) is 22.5 Å². The normalized spacial score (nSPS) is 10.9. The molecule has 0 saturated heterocycles. The van der Waals surface area contributed by atoms with E-state index >= 15 is 0 Å². The number of methoxy groups -OCH3 is 3. The molecule has 0 saturated carbocycles. The Morgan fingerprint density at radius 3 is 2.52 bits per heavy atom. The maximum absolute atomic E-state index is 6.30. The lowest BCUT2D eigenvalue weighted by molar-refractivity contribution is 0.189. The monoisotopic (exact) mass is 433 g/mol. The van der Waals surface area contributed by atoms with Crippen LogP contribution in [0.25, 0.3) is 11.4 Å². The first-order valence-electron chi connectivity index (χ1n) is 9.18. The number of benzene rings is 2. The molecule has 154 valence electrons. The molecule has 2 aromatic carbocycles. The van der Waals surface area contributed by atoms with Gasteiger partial charge in [0, 0.05) is 36.6 Å². The fourth-order valence-electron chi connectivity index (χ4n) is 2.91. The van der Waals surface area contributed by atoms with E-state index in [1.54, 1.807) is 33.1 Å². The molecule has 0 aliphatic rings. The van der Waals surface area contributed by atoms with Gasteiger partial charge in [0.05, 0.1) is 14.2 Å². The molecule has 0 fully saturated rings. The van der Waals surface area contributed by atoms with Crippen LogP contribution in [0.4, 0.5) is 0 Å². The number of rotatable bonds is 10. The van der Waals surface area contributed by atoms with E-state index in [1.807, 2.05) is 42.5 Å². The van der Waals surface area contributed by atoms with Gasteiger partial charge < -0.3 is 18.8 Å². The highest BCUT2D eigenvalue weighted by atomic mass is 35.5. The number of halogens is 1. The van der Waals surface area contributed by atoms with Crippen molar-refractivity contribution in [2.24, 2.45) is 0 Å². The van der Waals surface area contributed by atoms with Crippen molar-refractivity contribution < 1.29 is 14.2 Å². The maximum Gasteiger partial charge on any atom is 0.191 e. The van der Waals surface area contributed by atoms with Crippen molar-refractivity contribution in [1.82, 2.24) is 14.8 Å². The summed E-state index contributed by atoms with van der Waals surface area (Å²) < 4.78 is 18.1. The van der Waals surface area contributed by atoms with Crippen LogP contribution in [0, 0.1) is 0 Å². The van der Waals surface area contributed by atoms with Crippen LogP contribution in [-0.2, 0) is 17.0 Å². The fourth-order valence-corrected chi connectivity index (χ4v) is 4.16. The van der Waals surface area contributed by atoms with Crippen LogP contribution in [0.15, 0.2) is 47.6 Å². The zero-order valence-corrected chi connectivity index (χ0v) is 18.3. The maximum atomic E-state index is 6.30. The molecule has 3 rings (SSSR count). The van der Waals surface area contributed by atoms with Gasteiger partial charge in [-0.3, -0.25) is 0 Å². The van der Waals surface area contributed by atoms with E-state index in [0.717, 1.165) is 40.1 Å². The Balaban J connectivity index is 1.90. The zero-order valence-electron chi connectivity index (χ0n) is 16.7. The fraction of sp³-hybridized carbons (Fsp3) is 0.333. The van der Waals surface area contributed by atoms with E-state index in [0.29, 0.717) is 23.9 Å². The summed E-state index contributed by atoms with van der Waals surface area (Å²) in [4.78, 5) is 0. The lowest BCUT2D eigenvalue weighted by Gasteiger charge is -2.12. The van der Waals surface area contributed by atoms with Gasteiger partial charge in [-0.15, -0.1) is 10.2 Å². The van der Waals surface area contributed by atoms with Gasteiger partial charge >= 0.3 is 0 Å². The largest absolute Gasteiger partial charge is 0.493 e. The van der Waals surface area contributed by atoms with Crippen molar-refractivity contribution in [3.63, 3.8) is 0 Å². The van der Waals surface area contributed by atoms with E-state index < -0.39 is 0 Å². The van der Waals surface area contributed by atoms with Gasteiger partial charge in [-0.2, -0.15) is 0 Å². The van der Waals surface area contributed by atoms with Crippen molar-refractivity contribution in [1.29, 1.82) is 0 Å². The average Bonchev–Trinajstić information content (AvgIpc) is 3.15. The molecule has 29 heavy (non-hydrogen) atoms. The molecule has 3 aromatic rings. The van der Waals surface area contributed by atoms with Crippen molar-refractivity contribution in [2.45, 2.75) is 23.9 Å². The van der Waals surface area contributed by atoms with Gasteiger partial charge in [-0.25, -0.2) is 0 Å². The summed E-state index contributed by atoms with van der Waals surface area (Å²) in [6.07, 6.45) is 0.856. The number of aromatic nitrogens is 3. The van der Waals surface area contributed by atoms with Crippen LogP contribution in [0.5, 0.6) is 11.5 Å². The second-order valence-corrected chi connectivity index (χ2v) is 7.60. The lowest BCUT2D eigenvalue weighted by Crippen LogP contribution is -2.05. The molecule has 0 atom stereocenters. The average molecular weight is 434 g/mol. The Morgan fingerprint density at radius 1 is 1.00 bits per heavy atom.